The number of carboxylic acids is 2. The maximum absolute atomic E-state index is 13.0. The summed E-state index contributed by atoms with van der Waals surface area (Å²) in [5.41, 5.74) is -2.00. The molecule has 1 aromatic rings. The molecule has 0 bridgehead atoms. The van der Waals surface area contributed by atoms with Crippen LogP contribution in [0.4, 0.5) is 8.78 Å². The first-order valence-electron chi connectivity index (χ1n) is 3.39. The van der Waals surface area contributed by atoms with Gasteiger partial charge >= 0.3 is 11.9 Å². The average molecular weight is 202 g/mol. The normalized spacial score (nSPS) is 9.86. The van der Waals surface area contributed by atoms with Crippen molar-refractivity contribution in [2.24, 2.45) is 0 Å². The van der Waals surface area contributed by atoms with E-state index in [9.17, 15) is 18.4 Å². The SMILES string of the molecule is O=C(O)c1cc(F)cc(C(=O)O)c1F. The number of aromatic carboxylic acids is 2. The Bertz CT molecular complexity index is 379. The topological polar surface area (TPSA) is 74.6 Å². The van der Waals surface area contributed by atoms with Crippen molar-refractivity contribution >= 4 is 11.9 Å². The van der Waals surface area contributed by atoms with Crippen LogP contribution in [0.25, 0.3) is 0 Å². The zero-order valence-corrected chi connectivity index (χ0v) is 6.62. The van der Waals surface area contributed by atoms with Crippen molar-refractivity contribution in [1.29, 1.82) is 0 Å². The van der Waals surface area contributed by atoms with Gasteiger partial charge in [0.2, 0.25) is 0 Å². The maximum atomic E-state index is 13.0. The van der Waals surface area contributed by atoms with Crippen LogP contribution in [0.5, 0.6) is 0 Å². The standard InChI is InChI=1S/C8H4F2O4/c9-3-1-4(7(11)12)6(10)5(2-3)8(13)14/h1-2H,(H,11,12)(H,13,14). The highest BCUT2D eigenvalue weighted by Crippen LogP contribution is 2.15. The van der Waals surface area contributed by atoms with Crippen LogP contribution in [0.2, 0.25) is 0 Å². The lowest BCUT2D eigenvalue weighted by molar-refractivity contribution is 0.0686. The molecule has 1 aromatic carbocycles. The highest BCUT2D eigenvalue weighted by molar-refractivity contribution is 5.94. The van der Waals surface area contributed by atoms with Gasteiger partial charge in [-0.2, -0.15) is 0 Å². The fraction of sp³-hybridized carbons (Fsp3) is 0. The van der Waals surface area contributed by atoms with Crippen molar-refractivity contribution in [3.8, 4) is 0 Å². The van der Waals surface area contributed by atoms with Gasteiger partial charge in [-0.05, 0) is 12.1 Å². The van der Waals surface area contributed by atoms with Gasteiger partial charge in [-0.3, -0.25) is 0 Å². The smallest absolute Gasteiger partial charge is 0.338 e. The predicted octanol–water partition coefficient (Wildman–Crippen LogP) is 1.36. The average Bonchev–Trinajstić information content (AvgIpc) is 2.07. The van der Waals surface area contributed by atoms with Crippen LogP contribution in [0.15, 0.2) is 12.1 Å². The monoisotopic (exact) mass is 202 g/mol. The molecule has 0 saturated heterocycles. The molecule has 2 N–H and O–H groups in total. The molecule has 0 spiro atoms. The Labute approximate surface area is 76.4 Å². The third-order valence-electron chi connectivity index (χ3n) is 1.50. The molecule has 74 valence electrons. The number of benzene rings is 1. The fourth-order valence-corrected chi connectivity index (χ4v) is 0.900. The number of rotatable bonds is 2. The Hall–Kier alpha value is -1.98. The Kier molecular flexibility index (Phi) is 2.46. The van der Waals surface area contributed by atoms with E-state index in [2.05, 4.69) is 0 Å². The fourth-order valence-electron chi connectivity index (χ4n) is 0.900. The Morgan fingerprint density at radius 3 is 1.64 bits per heavy atom. The van der Waals surface area contributed by atoms with E-state index in [0.717, 1.165) is 0 Å². The third-order valence-corrected chi connectivity index (χ3v) is 1.50. The van der Waals surface area contributed by atoms with E-state index in [1.165, 1.54) is 0 Å². The molecule has 0 aliphatic carbocycles. The van der Waals surface area contributed by atoms with Crippen LogP contribution < -0.4 is 0 Å². The minimum atomic E-state index is -1.72. The van der Waals surface area contributed by atoms with Gasteiger partial charge in [0.25, 0.3) is 0 Å². The van der Waals surface area contributed by atoms with Gasteiger partial charge in [0.05, 0.1) is 11.1 Å². The molecule has 0 atom stereocenters. The molecule has 6 heteroatoms. The Morgan fingerprint density at radius 1 is 1.00 bits per heavy atom. The van der Waals surface area contributed by atoms with E-state index in [4.69, 9.17) is 10.2 Å². The highest BCUT2D eigenvalue weighted by Gasteiger charge is 2.20. The summed E-state index contributed by atoms with van der Waals surface area (Å²) in [6.45, 7) is 0. The first kappa shape index (κ1) is 10.1. The predicted molar refractivity (Wildman–Crippen MR) is 40.3 cm³/mol. The molecule has 0 unspecified atom stereocenters. The quantitative estimate of drug-likeness (QED) is 0.759. The summed E-state index contributed by atoms with van der Waals surface area (Å²) in [5.74, 6) is -6.00. The summed E-state index contributed by atoms with van der Waals surface area (Å²) in [5, 5.41) is 16.8. The second-order valence-corrected chi connectivity index (χ2v) is 2.43. The van der Waals surface area contributed by atoms with Gasteiger partial charge in [-0.25, -0.2) is 18.4 Å². The van der Waals surface area contributed by atoms with Crippen molar-refractivity contribution in [1.82, 2.24) is 0 Å². The van der Waals surface area contributed by atoms with Gasteiger partial charge < -0.3 is 10.2 Å². The van der Waals surface area contributed by atoms with E-state index < -0.39 is 34.7 Å². The zero-order chi connectivity index (χ0) is 10.9. The summed E-state index contributed by atoms with van der Waals surface area (Å²) < 4.78 is 25.7. The molecule has 0 aliphatic heterocycles. The van der Waals surface area contributed by atoms with Crippen LogP contribution >= 0.6 is 0 Å². The molecular weight excluding hydrogens is 198 g/mol. The van der Waals surface area contributed by atoms with E-state index in [1.807, 2.05) is 0 Å². The number of carbonyl (C=O) groups is 2. The molecule has 0 radical (unpaired) electrons. The third kappa shape index (κ3) is 1.68. The van der Waals surface area contributed by atoms with Crippen LogP contribution in [-0.4, -0.2) is 22.2 Å². The molecule has 0 fully saturated rings. The van der Waals surface area contributed by atoms with Gasteiger partial charge in [-0.15, -0.1) is 0 Å². The van der Waals surface area contributed by atoms with E-state index in [1.54, 1.807) is 0 Å². The Balaban J connectivity index is 3.47. The van der Waals surface area contributed by atoms with Crippen molar-refractivity contribution in [2.45, 2.75) is 0 Å². The van der Waals surface area contributed by atoms with E-state index in [-0.39, 0.29) is 0 Å². The Morgan fingerprint density at radius 2 is 1.36 bits per heavy atom. The molecule has 0 aliphatic rings. The van der Waals surface area contributed by atoms with E-state index >= 15 is 0 Å². The first-order valence-corrected chi connectivity index (χ1v) is 3.39. The first-order chi connectivity index (χ1) is 6.43. The van der Waals surface area contributed by atoms with Crippen LogP contribution in [0.3, 0.4) is 0 Å². The molecule has 0 heterocycles. The van der Waals surface area contributed by atoms with Crippen molar-refractivity contribution in [3.05, 3.63) is 34.9 Å². The molecule has 0 saturated carbocycles. The molecule has 0 aromatic heterocycles. The van der Waals surface area contributed by atoms with Crippen LogP contribution in [0.1, 0.15) is 20.7 Å². The van der Waals surface area contributed by atoms with Gasteiger partial charge in [-0.1, -0.05) is 0 Å². The van der Waals surface area contributed by atoms with Crippen molar-refractivity contribution in [3.63, 3.8) is 0 Å². The van der Waals surface area contributed by atoms with Gasteiger partial charge in [0, 0.05) is 0 Å². The van der Waals surface area contributed by atoms with Crippen LogP contribution in [-0.2, 0) is 0 Å². The minimum absolute atomic E-state index is 0.421. The largest absolute Gasteiger partial charge is 0.478 e. The van der Waals surface area contributed by atoms with Crippen LogP contribution in [0, 0.1) is 11.6 Å². The summed E-state index contributed by atoms with van der Waals surface area (Å²) in [6, 6.07) is 0.841. The molecule has 14 heavy (non-hydrogen) atoms. The molecule has 1 rings (SSSR count). The lowest BCUT2D eigenvalue weighted by atomic mass is 10.1. The summed E-state index contributed by atoms with van der Waals surface area (Å²) >= 11 is 0. The maximum Gasteiger partial charge on any atom is 0.338 e. The zero-order valence-electron chi connectivity index (χ0n) is 6.62. The second kappa shape index (κ2) is 3.41. The van der Waals surface area contributed by atoms with Crippen molar-refractivity contribution in [2.75, 3.05) is 0 Å². The molecular formula is C8H4F2O4. The van der Waals surface area contributed by atoms with Gasteiger partial charge in [0.1, 0.15) is 5.82 Å². The number of carboxylic acid groups (broad SMARTS) is 2. The second-order valence-electron chi connectivity index (χ2n) is 2.43. The van der Waals surface area contributed by atoms with Gasteiger partial charge in [0.15, 0.2) is 5.82 Å². The highest BCUT2D eigenvalue weighted by atomic mass is 19.1. The van der Waals surface area contributed by atoms with E-state index in [0.29, 0.717) is 12.1 Å². The lowest BCUT2D eigenvalue weighted by Crippen LogP contribution is -2.09. The summed E-state index contributed by atoms with van der Waals surface area (Å²) in [7, 11) is 0. The lowest BCUT2D eigenvalue weighted by Gasteiger charge is -2.01. The molecule has 0 amide bonds. The number of halogens is 2. The summed E-state index contributed by atoms with van der Waals surface area (Å²) in [4.78, 5) is 20.7. The number of hydrogen-bond acceptors (Lipinski definition) is 2. The molecule has 4 nitrogen and oxygen atoms in total. The number of hydrogen-bond donors (Lipinski definition) is 2. The van der Waals surface area contributed by atoms with Crippen molar-refractivity contribution < 1.29 is 28.6 Å². The minimum Gasteiger partial charge on any atom is -0.478 e. The summed E-state index contributed by atoms with van der Waals surface area (Å²) in [6.07, 6.45) is 0.